The molecule has 0 bridgehead atoms. The fraction of sp³-hybridized carbons (Fsp3) is 0.727. The van der Waals surface area contributed by atoms with Gasteiger partial charge < -0.3 is 5.11 Å². The van der Waals surface area contributed by atoms with Crippen LogP contribution in [-0.4, -0.2) is 45.0 Å². The van der Waals surface area contributed by atoms with Gasteiger partial charge in [0.25, 0.3) is 0 Å². The van der Waals surface area contributed by atoms with E-state index in [0.29, 0.717) is 6.04 Å². The first-order valence-corrected chi connectivity index (χ1v) is 5.69. The first kappa shape index (κ1) is 9.36. The maximum atomic E-state index is 10.00. The number of likely N-dealkylation sites (tertiary alicyclic amines) is 1. The van der Waals surface area contributed by atoms with E-state index in [1.54, 1.807) is 0 Å². The Bertz CT molecular complexity index is 326. The second-order valence-corrected chi connectivity index (χ2v) is 4.91. The lowest BCUT2D eigenvalue weighted by Crippen LogP contribution is -2.56. The third kappa shape index (κ3) is 1.68. The molecule has 0 aromatic carbocycles. The van der Waals surface area contributed by atoms with Crippen molar-refractivity contribution in [3.63, 3.8) is 0 Å². The Morgan fingerprint density at radius 2 is 2.20 bits per heavy atom. The molecule has 4 heteroatoms. The summed E-state index contributed by atoms with van der Waals surface area (Å²) in [6.45, 7) is 2.92. The summed E-state index contributed by atoms with van der Waals surface area (Å²) in [7, 11) is 0. The Morgan fingerprint density at radius 3 is 2.73 bits per heavy atom. The van der Waals surface area contributed by atoms with Gasteiger partial charge in [-0.1, -0.05) is 0 Å². The molecule has 1 aromatic rings. The van der Waals surface area contributed by atoms with E-state index in [-0.39, 0.29) is 5.60 Å². The lowest BCUT2D eigenvalue weighted by Gasteiger charge is -2.46. The molecule has 1 saturated carbocycles. The topological polar surface area (TPSA) is 41.3 Å². The summed E-state index contributed by atoms with van der Waals surface area (Å²) in [6.07, 6.45) is 6.99. The maximum absolute atomic E-state index is 10.00. The molecule has 1 aliphatic heterocycles. The van der Waals surface area contributed by atoms with E-state index in [0.717, 1.165) is 32.5 Å². The van der Waals surface area contributed by atoms with Gasteiger partial charge in [-0.15, -0.1) is 0 Å². The minimum Gasteiger partial charge on any atom is -0.389 e. The van der Waals surface area contributed by atoms with Crippen LogP contribution in [0.2, 0.25) is 0 Å². The summed E-state index contributed by atoms with van der Waals surface area (Å²) in [5.74, 6) is 0. The molecule has 1 aromatic heterocycles. The fourth-order valence-electron chi connectivity index (χ4n) is 2.49. The SMILES string of the molecule is OC1(CN2CC(n3cccn3)C2)CCC1. The highest BCUT2D eigenvalue weighted by atomic mass is 16.3. The predicted octanol–water partition coefficient (Wildman–Crippen LogP) is 0.655. The molecule has 0 radical (unpaired) electrons. The Labute approximate surface area is 89.5 Å². The van der Waals surface area contributed by atoms with Gasteiger partial charge in [0, 0.05) is 32.0 Å². The van der Waals surface area contributed by atoms with Crippen molar-refractivity contribution >= 4 is 0 Å². The summed E-state index contributed by atoms with van der Waals surface area (Å²) in [5.41, 5.74) is -0.366. The Morgan fingerprint density at radius 1 is 1.40 bits per heavy atom. The lowest BCUT2D eigenvalue weighted by molar-refractivity contribution is -0.0792. The van der Waals surface area contributed by atoms with Crippen molar-refractivity contribution < 1.29 is 5.11 Å². The third-order valence-electron chi connectivity index (χ3n) is 3.64. The quantitative estimate of drug-likeness (QED) is 0.791. The van der Waals surface area contributed by atoms with Crippen molar-refractivity contribution in [3.05, 3.63) is 18.5 Å². The molecule has 0 unspecified atom stereocenters. The third-order valence-corrected chi connectivity index (χ3v) is 3.64. The first-order chi connectivity index (χ1) is 7.25. The van der Waals surface area contributed by atoms with Crippen molar-refractivity contribution in [1.82, 2.24) is 14.7 Å². The van der Waals surface area contributed by atoms with Crippen molar-refractivity contribution in [2.45, 2.75) is 30.9 Å². The summed E-state index contributed by atoms with van der Waals surface area (Å²) in [6, 6.07) is 2.48. The smallest absolute Gasteiger partial charge is 0.0774 e. The van der Waals surface area contributed by atoms with Crippen LogP contribution in [0.15, 0.2) is 18.5 Å². The van der Waals surface area contributed by atoms with Crippen LogP contribution in [0.3, 0.4) is 0 Å². The standard InChI is InChI=1S/C11H17N3O/c15-11(3-1-4-11)9-13-7-10(8-13)14-6-2-5-12-14/h2,5-6,10,15H,1,3-4,7-9H2. The van der Waals surface area contributed by atoms with E-state index >= 15 is 0 Å². The van der Waals surface area contributed by atoms with E-state index in [2.05, 4.69) is 10.00 Å². The molecule has 4 nitrogen and oxygen atoms in total. The van der Waals surface area contributed by atoms with Gasteiger partial charge >= 0.3 is 0 Å². The Hall–Kier alpha value is -0.870. The number of hydrogen-bond donors (Lipinski definition) is 1. The Kier molecular flexibility index (Phi) is 2.07. The average molecular weight is 207 g/mol. The summed E-state index contributed by atoms with van der Waals surface area (Å²) < 4.78 is 2.02. The minimum atomic E-state index is -0.366. The summed E-state index contributed by atoms with van der Waals surface area (Å²) in [4.78, 5) is 2.32. The van der Waals surface area contributed by atoms with Crippen LogP contribution in [-0.2, 0) is 0 Å². The van der Waals surface area contributed by atoms with Crippen LogP contribution in [0, 0.1) is 0 Å². The molecule has 2 fully saturated rings. The molecule has 3 rings (SSSR count). The van der Waals surface area contributed by atoms with Gasteiger partial charge in [-0.2, -0.15) is 5.10 Å². The second-order valence-electron chi connectivity index (χ2n) is 4.91. The van der Waals surface area contributed by atoms with Gasteiger partial charge in [0.05, 0.1) is 11.6 Å². The molecule has 2 aliphatic rings. The molecule has 1 saturated heterocycles. The first-order valence-electron chi connectivity index (χ1n) is 5.69. The molecule has 1 aliphatic carbocycles. The van der Waals surface area contributed by atoms with Crippen molar-refractivity contribution in [3.8, 4) is 0 Å². The molecular weight excluding hydrogens is 190 g/mol. The van der Waals surface area contributed by atoms with E-state index in [1.807, 2.05) is 23.1 Å². The average Bonchev–Trinajstić information content (AvgIpc) is 2.60. The van der Waals surface area contributed by atoms with Crippen molar-refractivity contribution in [2.24, 2.45) is 0 Å². The molecular formula is C11H17N3O. The molecule has 0 atom stereocenters. The highest BCUT2D eigenvalue weighted by Crippen LogP contribution is 2.34. The Balaban J connectivity index is 1.50. The molecule has 1 N–H and O–H groups in total. The van der Waals surface area contributed by atoms with Gasteiger partial charge in [-0.05, 0) is 25.3 Å². The van der Waals surface area contributed by atoms with Crippen molar-refractivity contribution in [1.29, 1.82) is 0 Å². The number of β-amino-alcohol motifs (C(OH)–C–C–N with tert-alkyl or cyclic N) is 1. The normalized spacial score (nSPS) is 25.9. The van der Waals surface area contributed by atoms with Gasteiger partial charge in [0.1, 0.15) is 0 Å². The minimum absolute atomic E-state index is 0.366. The molecule has 0 spiro atoms. The van der Waals surface area contributed by atoms with E-state index < -0.39 is 0 Å². The number of hydrogen-bond acceptors (Lipinski definition) is 3. The zero-order valence-electron chi connectivity index (χ0n) is 8.84. The van der Waals surface area contributed by atoms with Crippen LogP contribution in [0.5, 0.6) is 0 Å². The molecule has 2 heterocycles. The van der Waals surface area contributed by atoms with Crippen LogP contribution >= 0.6 is 0 Å². The number of aliphatic hydroxyl groups is 1. The summed E-state index contributed by atoms with van der Waals surface area (Å²) >= 11 is 0. The molecule has 15 heavy (non-hydrogen) atoms. The van der Waals surface area contributed by atoms with Crippen LogP contribution in [0.4, 0.5) is 0 Å². The maximum Gasteiger partial charge on any atom is 0.0774 e. The predicted molar refractivity (Wildman–Crippen MR) is 56.5 cm³/mol. The highest BCUT2D eigenvalue weighted by molar-refractivity contribution is 4.96. The zero-order chi connectivity index (χ0) is 10.3. The highest BCUT2D eigenvalue weighted by Gasteiger charge is 2.39. The molecule has 82 valence electrons. The van der Waals surface area contributed by atoms with Gasteiger partial charge in [-0.3, -0.25) is 9.58 Å². The van der Waals surface area contributed by atoms with E-state index in [9.17, 15) is 5.11 Å². The second kappa shape index (κ2) is 3.32. The van der Waals surface area contributed by atoms with Crippen LogP contribution < -0.4 is 0 Å². The number of nitrogens with zero attached hydrogens (tertiary/aromatic N) is 3. The van der Waals surface area contributed by atoms with Gasteiger partial charge in [0.15, 0.2) is 0 Å². The lowest BCUT2D eigenvalue weighted by atomic mass is 9.79. The molecule has 0 amide bonds. The van der Waals surface area contributed by atoms with Gasteiger partial charge in [0.2, 0.25) is 0 Å². The fourth-order valence-corrected chi connectivity index (χ4v) is 2.49. The van der Waals surface area contributed by atoms with E-state index in [1.165, 1.54) is 6.42 Å². The number of aromatic nitrogens is 2. The van der Waals surface area contributed by atoms with Gasteiger partial charge in [-0.25, -0.2) is 0 Å². The number of rotatable bonds is 3. The van der Waals surface area contributed by atoms with Crippen LogP contribution in [0.1, 0.15) is 25.3 Å². The van der Waals surface area contributed by atoms with Crippen molar-refractivity contribution in [2.75, 3.05) is 19.6 Å². The van der Waals surface area contributed by atoms with E-state index in [4.69, 9.17) is 0 Å². The van der Waals surface area contributed by atoms with Crippen LogP contribution in [0.25, 0.3) is 0 Å². The monoisotopic (exact) mass is 207 g/mol. The zero-order valence-corrected chi connectivity index (χ0v) is 8.84. The summed E-state index contributed by atoms with van der Waals surface area (Å²) in [5, 5.41) is 14.2. The largest absolute Gasteiger partial charge is 0.389 e.